The molecule has 2 aliphatic rings. The lowest BCUT2D eigenvalue weighted by atomic mass is 9.96. The molecule has 4 rings (SSSR count). The van der Waals surface area contributed by atoms with Crippen LogP contribution in [0.3, 0.4) is 0 Å². The number of hydrogen-bond acceptors (Lipinski definition) is 6. The van der Waals surface area contributed by atoms with E-state index >= 15 is 0 Å². The Morgan fingerprint density at radius 2 is 2.03 bits per heavy atom. The first-order chi connectivity index (χ1) is 14.1. The number of thiazole rings is 1. The van der Waals surface area contributed by atoms with E-state index in [1.54, 1.807) is 0 Å². The van der Waals surface area contributed by atoms with Crippen LogP contribution in [-0.4, -0.2) is 52.8 Å². The molecule has 0 saturated carbocycles. The van der Waals surface area contributed by atoms with Crippen molar-refractivity contribution in [2.24, 2.45) is 11.8 Å². The highest BCUT2D eigenvalue weighted by Gasteiger charge is 2.28. The maximum Gasteiger partial charge on any atom is 0.263 e. The van der Waals surface area contributed by atoms with Gasteiger partial charge in [0.1, 0.15) is 0 Å². The number of nitrogens with zero attached hydrogens (tertiary/aromatic N) is 3. The van der Waals surface area contributed by atoms with Crippen molar-refractivity contribution in [2.45, 2.75) is 39.2 Å². The van der Waals surface area contributed by atoms with E-state index in [0.29, 0.717) is 31.1 Å². The van der Waals surface area contributed by atoms with Crippen molar-refractivity contribution in [1.82, 2.24) is 14.8 Å². The fraction of sp³-hybridized carbons (Fsp3) is 0.571. The summed E-state index contributed by atoms with van der Waals surface area (Å²) in [6, 6.07) is 3.75. The normalized spacial score (nSPS) is 21.3. The van der Waals surface area contributed by atoms with E-state index < -0.39 is 0 Å². The summed E-state index contributed by atoms with van der Waals surface area (Å²) in [6.07, 6.45) is 3.97. The SMILES string of the molecule is C[C@@H]1CCCN(Cc2csc(NC(=O)C3CCN(C(=O)c4cccs4)CC3)n2)C1. The Balaban J connectivity index is 1.25. The van der Waals surface area contributed by atoms with Gasteiger partial charge in [-0.15, -0.1) is 22.7 Å². The summed E-state index contributed by atoms with van der Waals surface area (Å²) in [4.78, 5) is 34.8. The quantitative estimate of drug-likeness (QED) is 0.778. The molecule has 8 heteroatoms. The summed E-state index contributed by atoms with van der Waals surface area (Å²) in [5, 5.41) is 7.66. The molecule has 2 saturated heterocycles. The molecular weight excluding hydrogens is 404 g/mol. The third-order valence-electron chi connectivity index (χ3n) is 5.79. The van der Waals surface area contributed by atoms with Gasteiger partial charge in [-0.3, -0.25) is 14.5 Å². The first-order valence-corrected chi connectivity index (χ1v) is 12.1. The minimum absolute atomic E-state index is 0.0284. The topological polar surface area (TPSA) is 65.5 Å². The average molecular weight is 433 g/mol. The molecule has 0 unspecified atom stereocenters. The number of carbonyl (C=O) groups is 2. The second kappa shape index (κ2) is 9.36. The van der Waals surface area contributed by atoms with Crippen molar-refractivity contribution in [3.05, 3.63) is 33.5 Å². The van der Waals surface area contributed by atoms with E-state index in [1.807, 2.05) is 22.4 Å². The third kappa shape index (κ3) is 5.24. The van der Waals surface area contributed by atoms with Crippen molar-refractivity contribution in [2.75, 3.05) is 31.5 Å². The van der Waals surface area contributed by atoms with Crippen molar-refractivity contribution in [3.8, 4) is 0 Å². The van der Waals surface area contributed by atoms with Gasteiger partial charge in [0.25, 0.3) is 5.91 Å². The van der Waals surface area contributed by atoms with Gasteiger partial charge < -0.3 is 10.2 Å². The summed E-state index contributed by atoms with van der Waals surface area (Å²) in [7, 11) is 0. The van der Waals surface area contributed by atoms with Crippen LogP contribution in [0, 0.1) is 11.8 Å². The smallest absolute Gasteiger partial charge is 0.263 e. The Labute approximate surface area is 179 Å². The largest absolute Gasteiger partial charge is 0.338 e. The van der Waals surface area contributed by atoms with Crippen molar-refractivity contribution in [1.29, 1.82) is 0 Å². The van der Waals surface area contributed by atoms with Gasteiger partial charge in [0, 0.05) is 37.5 Å². The fourth-order valence-corrected chi connectivity index (χ4v) is 5.60. The molecule has 2 aromatic heterocycles. The van der Waals surface area contributed by atoms with Gasteiger partial charge >= 0.3 is 0 Å². The first kappa shape index (κ1) is 20.5. The Morgan fingerprint density at radius 3 is 2.76 bits per heavy atom. The predicted molar refractivity (Wildman–Crippen MR) is 117 cm³/mol. The Kier molecular flexibility index (Phi) is 6.62. The molecule has 1 N–H and O–H groups in total. The standard InChI is InChI=1S/C21H28N4O2S2/c1-15-4-2-8-24(12-15)13-17-14-29-21(22-17)23-19(26)16-6-9-25(10-7-16)20(27)18-5-3-11-28-18/h3,5,11,14-16H,2,4,6-10,12-13H2,1H3,(H,22,23,26)/t15-/m1/s1. The Morgan fingerprint density at radius 1 is 1.21 bits per heavy atom. The molecular formula is C21H28N4O2S2. The number of aromatic nitrogens is 1. The number of carbonyl (C=O) groups excluding carboxylic acids is 2. The van der Waals surface area contributed by atoms with Gasteiger partial charge in [-0.05, 0) is 49.6 Å². The molecule has 2 aliphatic heterocycles. The molecule has 0 spiro atoms. The number of thiophene rings is 1. The molecule has 2 aromatic rings. The van der Waals surface area contributed by atoms with Gasteiger partial charge in [-0.2, -0.15) is 0 Å². The maximum atomic E-state index is 12.7. The molecule has 0 aromatic carbocycles. The maximum absolute atomic E-state index is 12.7. The molecule has 0 bridgehead atoms. The predicted octanol–water partition coefficient (Wildman–Crippen LogP) is 3.93. The van der Waals surface area contributed by atoms with Gasteiger partial charge in [0.05, 0.1) is 10.6 Å². The van der Waals surface area contributed by atoms with Crippen LogP contribution in [0.4, 0.5) is 5.13 Å². The summed E-state index contributed by atoms with van der Waals surface area (Å²) in [5.74, 6) is 0.799. The zero-order valence-corrected chi connectivity index (χ0v) is 18.4. The number of likely N-dealkylation sites (tertiary alicyclic amines) is 2. The van der Waals surface area contributed by atoms with Gasteiger partial charge in [-0.25, -0.2) is 4.98 Å². The van der Waals surface area contributed by atoms with Crippen LogP contribution in [0.2, 0.25) is 0 Å². The number of rotatable bonds is 5. The second-order valence-electron chi connectivity index (χ2n) is 8.16. The number of hydrogen-bond donors (Lipinski definition) is 1. The number of amides is 2. The van der Waals surface area contributed by atoms with Crippen LogP contribution in [0.15, 0.2) is 22.9 Å². The number of nitrogens with one attached hydrogen (secondary N) is 1. The third-order valence-corrected chi connectivity index (χ3v) is 7.46. The summed E-state index contributed by atoms with van der Waals surface area (Å²) < 4.78 is 0. The lowest BCUT2D eigenvalue weighted by Gasteiger charge is -2.31. The van der Waals surface area contributed by atoms with Crippen LogP contribution in [0.25, 0.3) is 0 Å². The highest BCUT2D eigenvalue weighted by molar-refractivity contribution is 7.14. The first-order valence-electron chi connectivity index (χ1n) is 10.4. The van der Waals surface area contributed by atoms with Crippen LogP contribution in [0.5, 0.6) is 0 Å². The molecule has 0 aliphatic carbocycles. The zero-order chi connectivity index (χ0) is 20.2. The monoisotopic (exact) mass is 432 g/mol. The van der Waals surface area contributed by atoms with E-state index in [0.717, 1.165) is 36.1 Å². The van der Waals surface area contributed by atoms with Crippen molar-refractivity contribution in [3.63, 3.8) is 0 Å². The summed E-state index contributed by atoms with van der Waals surface area (Å²) in [5.41, 5.74) is 1.04. The van der Waals surface area contributed by atoms with E-state index in [9.17, 15) is 9.59 Å². The molecule has 1 atom stereocenters. The molecule has 29 heavy (non-hydrogen) atoms. The summed E-state index contributed by atoms with van der Waals surface area (Å²) in [6.45, 7) is 6.68. The van der Waals surface area contributed by atoms with E-state index in [4.69, 9.17) is 0 Å². The highest BCUT2D eigenvalue weighted by Crippen LogP contribution is 2.24. The molecule has 156 valence electrons. The van der Waals surface area contributed by atoms with Gasteiger partial charge in [0.2, 0.25) is 5.91 Å². The molecule has 0 radical (unpaired) electrons. The summed E-state index contributed by atoms with van der Waals surface area (Å²) >= 11 is 2.97. The zero-order valence-electron chi connectivity index (χ0n) is 16.8. The van der Waals surface area contributed by atoms with Crippen molar-refractivity contribution < 1.29 is 9.59 Å². The highest BCUT2D eigenvalue weighted by atomic mass is 32.1. The van der Waals surface area contributed by atoms with Crippen LogP contribution >= 0.6 is 22.7 Å². The van der Waals surface area contributed by atoms with E-state index in [1.165, 1.54) is 35.5 Å². The van der Waals surface area contributed by atoms with Gasteiger partial charge in [-0.1, -0.05) is 13.0 Å². The number of piperidine rings is 2. The van der Waals surface area contributed by atoms with Crippen LogP contribution in [-0.2, 0) is 11.3 Å². The van der Waals surface area contributed by atoms with Gasteiger partial charge in [0.15, 0.2) is 5.13 Å². The van der Waals surface area contributed by atoms with Crippen LogP contribution in [0.1, 0.15) is 48.0 Å². The second-order valence-corrected chi connectivity index (χ2v) is 9.97. The molecule has 2 amide bonds. The average Bonchev–Trinajstić information content (AvgIpc) is 3.40. The Bertz CT molecular complexity index is 828. The minimum Gasteiger partial charge on any atom is -0.338 e. The molecule has 6 nitrogen and oxygen atoms in total. The lowest BCUT2D eigenvalue weighted by molar-refractivity contribution is -0.121. The molecule has 4 heterocycles. The van der Waals surface area contributed by atoms with E-state index in [2.05, 4.69) is 27.5 Å². The van der Waals surface area contributed by atoms with Crippen molar-refractivity contribution >= 4 is 39.6 Å². The fourth-order valence-electron chi connectivity index (χ4n) is 4.20. The number of anilines is 1. The molecule has 2 fully saturated rings. The van der Waals surface area contributed by atoms with E-state index in [-0.39, 0.29) is 17.7 Å². The van der Waals surface area contributed by atoms with Crippen LogP contribution < -0.4 is 5.32 Å². The minimum atomic E-state index is -0.0577. The lowest BCUT2D eigenvalue weighted by Crippen LogP contribution is -2.41. The Hall–Kier alpha value is -1.77.